The van der Waals surface area contributed by atoms with E-state index in [2.05, 4.69) is 36.9 Å². The van der Waals surface area contributed by atoms with Gasteiger partial charge in [0.15, 0.2) is 0 Å². The monoisotopic (exact) mass is 675 g/mol. The largest absolute Gasteiger partial charge is 0.506 e. The number of hydrogen-bond donors (Lipinski definition) is 1. The lowest BCUT2D eigenvalue weighted by atomic mass is 10.1. The average molecular weight is 678 g/mol. The number of esters is 1. The fourth-order valence-electron chi connectivity index (χ4n) is 3.11. The zero-order valence-corrected chi connectivity index (χ0v) is 24.7. The van der Waals surface area contributed by atoms with Gasteiger partial charge in [-0.2, -0.15) is 0 Å². The van der Waals surface area contributed by atoms with Gasteiger partial charge in [-0.05, 0) is 86.7 Å². The molecule has 0 saturated heterocycles. The van der Waals surface area contributed by atoms with Crippen LogP contribution in [-0.4, -0.2) is 28.6 Å². The minimum absolute atomic E-state index is 0.114. The Hall–Kier alpha value is -1.78. The molecule has 0 fully saturated rings. The van der Waals surface area contributed by atoms with Gasteiger partial charge in [-0.15, -0.1) is 0 Å². The molecule has 0 radical (unpaired) electrons. The Kier molecular flexibility index (Phi) is 10.5. The molecule has 1 N–H and O–H groups in total. The number of ether oxygens (including phenoxy) is 2. The lowest BCUT2D eigenvalue weighted by Crippen LogP contribution is -2.14. The molecule has 6 nitrogen and oxygen atoms in total. The molecule has 36 heavy (non-hydrogen) atoms. The Morgan fingerprint density at radius 2 is 1.81 bits per heavy atom. The third-order valence-corrected chi connectivity index (χ3v) is 7.68. The van der Waals surface area contributed by atoms with E-state index in [0.717, 1.165) is 17.3 Å². The third-order valence-electron chi connectivity index (χ3n) is 4.75. The van der Waals surface area contributed by atoms with Crippen LogP contribution < -0.4 is 4.74 Å². The molecule has 190 valence electrons. The number of nitrogens with zero attached hydrogens (tertiary/aromatic N) is 1. The van der Waals surface area contributed by atoms with Gasteiger partial charge >= 0.3 is 5.97 Å². The summed E-state index contributed by atoms with van der Waals surface area (Å²) >= 11 is 20.1. The minimum Gasteiger partial charge on any atom is -0.506 e. The number of hydrogen-bond acceptors (Lipinski definition) is 6. The van der Waals surface area contributed by atoms with Crippen LogP contribution in [0.25, 0.3) is 6.08 Å². The molecule has 0 aliphatic carbocycles. The molecule has 1 aliphatic rings. The molecule has 0 atom stereocenters. The standard InChI is InChI=1S/C25H21Br2Cl2NO5S/c1-3-5-20(31)30-24-21(25(33)34-4-2)22(32)19(36-24)11-14-8-15(26)23(16(27)9-14)35-12-13-6-7-17(28)18(29)10-13/h6-11,32H,3-5,12H2,1-2H3/b19-11-,30-24?. The van der Waals surface area contributed by atoms with Crippen LogP contribution in [0.1, 0.15) is 37.8 Å². The highest BCUT2D eigenvalue weighted by Gasteiger charge is 2.33. The predicted molar refractivity (Wildman–Crippen MR) is 152 cm³/mol. The summed E-state index contributed by atoms with van der Waals surface area (Å²) in [6, 6.07) is 8.88. The first-order valence-electron chi connectivity index (χ1n) is 10.8. The number of rotatable bonds is 8. The molecule has 1 amide bonds. The summed E-state index contributed by atoms with van der Waals surface area (Å²) in [6.07, 6.45) is 2.54. The van der Waals surface area contributed by atoms with Gasteiger partial charge in [0.1, 0.15) is 28.7 Å². The maximum atomic E-state index is 12.5. The first-order chi connectivity index (χ1) is 17.1. The number of thioether (sulfide) groups is 1. The van der Waals surface area contributed by atoms with E-state index in [0.29, 0.717) is 41.6 Å². The summed E-state index contributed by atoms with van der Waals surface area (Å²) in [5, 5.41) is 11.8. The molecule has 0 spiro atoms. The maximum absolute atomic E-state index is 12.5. The van der Waals surface area contributed by atoms with E-state index >= 15 is 0 Å². The van der Waals surface area contributed by atoms with Crippen LogP contribution in [0.2, 0.25) is 10.0 Å². The Morgan fingerprint density at radius 1 is 1.11 bits per heavy atom. The SMILES string of the molecule is CCCC(=O)N=C1S/C(=C\c2cc(Br)c(OCc3ccc(Cl)c(Cl)c3)c(Br)c2)C(O)=C1C(=O)OCC. The summed E-state index contributed by atoms with van der Waals surface area (Å²) in [5.74, 6) is -0.817. The molecule has 1 heterocycles. The van der Waals surface area contributed by atoms with E-state index in [1.165, 1.54) is 0 Å². The Bertz CT molecular complexity index is 1270. The van der Waals surface area contributed by atoms with Crippen LogP contribution in [0.3, 0.4) is 0 Å². The van der Waals surface area contributed by atoms with Crippen LogP contribution in [0.15, 0.2) is 60.5 Å². The second-order valence-electron chi connectivity index (χ2n) is 7.47. The van der Waals surface area contributed by atoms with Crippen molar-refractivity contribution in [3.63, 3.8) is 0 Å². The first kappa shape index (κ1) is 28.8. The quantitative estimate of drug-likeness (QED) is 0.283. The molecule has 0 bridgehead atoms. The van der Waals surface area contributed by atoms with E-state index in [1.54, 1.807) is 37.3 Å². The number of aliphatic imine (C=N–C) groups is 1. The fraction of sp³-hybridized carbons (Fsp3) is 0.240. The van der Waals surface area contributed by atoms with E-state index in [4.69, 9.17) is 32.7 Å². The number of carbonyl (C=O) groups excluding carboxylic acids is 2. The van der Waals surface area contributed by atoms with E-state index in [-0.39, 0.29) is 41.9 Å². The number of amides is 1. The van der Waals surface area contributed by atoms with Gasteiger partial charge in [0, 0.05) is 6.42 Å². The highest BCUT2D eigenvalue weighted by molar-refractivity contribution is 9.11. The molecule has 0 aromatic heterocycles. The molecule has 11 heteroatoms. The molecular formula is C25H21Br2Cl2NO5S. The molecule has 3 rings (SSSR count). The van der Waals surface area contributed by atoms with Crippen molar-refractivity contribution in [2.24, 2.45) is 4.99 Å². The van der Waals surface area contributed by atoms with E-state index in [9.17, 15) is 14.7 Å². The highest BCUT2D eigenvalue weighted by atomic mass is 79.9. The molecule has 0 saturated carbocycles. The number of aliphatic hydroxyl groups is 1. The van der Waals surface area contributed by atoms with Crippen LogP contribution in [0.5, 0.6) is 5.75 Å². The number of carbonyl (C=O) groups is 2. The molecule has 1 aliphatic heterocycles. The lowest BCUT2D eigenvalue weighted by molar-refractivity contribution is -0.138. The second-order valence-corrected chi connectivity index (χ2v) is 11.0. The summed E-state index contributed by atoms with van der Waals surface area (Å²) < 4.78 is 12.3. The van der Waals surface area contributed by atoms with Crippen molar-refractivity contribution >= 4 is 89.8 Å². The molecule has 0 unspecified atom stereocenters. The predicted octanol–water partition coefficient (Wildman–Crippen LogP) is 8.29. The number of benzene rings is 2. The average Bonchev–Trinajstić information content (AvgIpc) is 3.10. The fourth-order valence-corrected chi connectivity index (χ4v) is 5.91. The Balaban J connectivity index is 1.89. The smallest absolute Gasteiger partial charge is 0.344 e. The van der Waals surface area contributed by atoms with Gasteiger partial charge in [0.05, 0.1) is 30.5 Å². The minimum atomic E-state index is -0.734. The first-order valence-corrected chi connectivity index (χ1v) is 14.0. The normalized spacial score (nSPS) is 15.6. The van der Waals surface area contributed by atoms with Crippen LogP contribution in [-0.2, 0) is 20.9 Å². The van der Waals surface area contributed by atoms with Gasteiger partial charge in [0.2, 0.25) is 5.91 Å². The van der Waals surface area contributed by atoms with Gasteiger partial charge in [-0.3, -0.25) is 4.79 Å². The van der Waals surface area contributed by atoms with Crippen LogP contribution in [0, 0.1) is 0 Å². The summed E-state index contributed by atoms with van der Waals surface area (Å²) in [7, 11) is 0. The van der Waals surface area contributed by atoms with Gasteiger partial charge in [-0.1, -0.05) is 48.0 Å². The van der Waals surface area contributed by atoms with Crippen molar-refractivity contribution in [1.82, 2.24) is 0 Å². The highest BCUT2D eigenvalue weighted by Crippen LogP contribution is 2.41. The molecule has 2 aromatic rings. The summed E-state index contributed by atoms with van der Waals surface area (Å²) in [5.41, 5.74) is 1.44. The van der Waals surface area contributed by atoms with Gasteiger partial charge in [0.25, 0.3) is 0 Å². The molecule has 2 aromatic carbocycles. The number of halogens is 4. The van der Waals surface area contributed by atoms with E-state index < -0.39 is 5.97 Å². The van der Waals surface area contributed by atoms with Crippen molar-refractivity contribution in [2.45, 2.75) is 33.3 Å². The Morgan fingerprint density at radius 3 is 2.42 bits per heavy atom. The van der Waals surface area contributed by atoms with Gasteiger partial charge in [-0.25, -0.2) is 9.79 Å². The number of aliphatic hydroxyl groups excluding tert-OH is 1. The van der Waals surface area contributed by atoms with Crippen LogP contribution in [0.4, 0.5) is 0 Å². The van der Waals surface area contributed by atoms with Crippen LogP contribution >= 0.6 is 66.8 Å². The topological polar surface area (TPSA) is 85.2 Å². The zero-order chi connectivity index (χ0) is 26.4. The second kappa shape index (κ2) is 13.1. The Labute approximate surface area is 240 Å². The summed E-state index contributed by atoms with van der Waals surface area (Å²) in [4.78, 5) is 29.0. The maximum Gasteiger partial charge on any atom is 0.344 e. The van der Waals surface area contributed by atoms with Crippen molar-refractivity contribution in [3.05, 3.63) is 76.7 Å². The van der Waals surface area contributed by atoms with Crippen molar-refractivity contribution in [3.8, 4) is 5.75 Å². The van der Waals surface area contributed by atoms with Crippen molar-refractivity contribution in [2.75, 3.05) is 6.61 Å². The third kappa shape index (κ3) is 7.16. The molecular weight excluding hydrogens is 657 g/mol. The zero-order valence-electron chi connectivity index (χ0n) is 19.2. The van der Waals surface area contributed by atoms with E-state index in [1.807, 2.05) is 13.0 Å². The van der Waals surface area contributed by atoms with Crippen molar-refractivity contribution in [1.29, 1.82) is 0 Å². The van der Waals surface area contributed by atoms with Gasteiger partial charge < -0.3 is 14.6 Å². The summed E-state index contributed by atoms with van der Waals surface area (Å²) in [6.45, 7) is 3.91. The van der Waals surface area contributed by atoms with Crippen molar-refractivity contribution < 1.29 is 24.2 Å². The lowest BCUT2D eigenvalue weighted by Gasteiger charge is -2.12.